The van der Waals surface area contributed by atoms with Crippen molar-refractivity contribution in [3.63, 3.8) is 0 Å². The molecule has 0 saturated carbocycles. The smallest absolute Gasteiger partial charge is 0.250 e. The van der Waals surface area contributed by atoms with E-state index in [1.54, 1.807) is 40.6 Å². The molecule has 0 aliphatic carbocycles. The summed E-state index contributed by atoms with van der Waals surface area (Å²) in [6.07, 6.45) is 4.29. The van der Waals surface area contributed by atoms with Gasteiger partial charge in [0.2, 0.25) is 15.9 Å². The van der Waals surface area contributed by atoms with E-state index < -0.39 is 10.0 Å². The average molecular weight is 485 g/mol. The monoisotopic (exact) mass is 484 g/mol. The molecule has 7 nitrogen and oxygen atoms in total. The lowest BCUT2D eigenvalue weighted by Gasteiger charge is -2.31. The van der Waals surface area contributed by atoms with Crippen molar-refractivity contribution in [1.29, 1.82) is 0 Å². The van der Waals surface area contributed by atoms with Crippen LogP contribution in [0.2, 0.25) is 5.02 Å². The van der Waals surface area contributed by atoms with Crippen molar-refractivity contribution in [1.82, 2.24) is 9.62 Å². The van der Waals surface area contributed by atoms with Gasteiger partial charge < -0.3 is 14.4 Å². The second-order valence-corrected chi connectivity index (χ2v) is 10.2. The Balaban J connectivity index is 1.58. The number of carbonyl (C=O) groups is 1. The molecular formula is C21H25ClN2O5S2. The Hall–Kier alpha value is -2.07. The third-order valence-corrected chi connectivity index (χ3v) is 8.05. The van der Waals surface area contributed by atoms with Gasteiger partial charge in [0.25, 0.3) is 0 Å². The standard InChI is InChI=1S/C21H25ClN2O5S2/c1-3-29-21-17(22)13-15(14-18(21)28-2)6-7-19(25)24-10-8-16(9-11-24)23-31(26,27)20-5-4-12-30-20/h4-7,12-14,16,23H,3,8-11H2,1-2H3/b7-6+. The molecule has 0 unspecified atom stereocenters. The number of ether oxygens (including phenoxy) is 2. The average Bonchev–Trinajstić information content (AvgIpc) is 3.30. The van der Waals surface area contributed by atoms with Crippen molar-refractivity contribution < 1.29 is 22.7 Å². The van der Waals surface area contributed by atoms with Crippen LogP contribution in [0.15, 0.2) is 39.9 Å². The van der Waals surface area contributed by atoms with Crippen molar-refractivity contribution in [3.05, 3.63) is 46.3 Å². The number of benzene rings is 1. The van der Waals surface area contributed by atoms with E-state index in [1.165, 1.54) is 24.5 Å². The summed E-state index contributed by atoms with van der Waals surface area (Å²) in [5, 5.41) is 2.14. The second-order valence-electron chi connectivity index (χ2n) is 6.95. The normalized spacial score (nSPS) is 15.4. The van der Waals surface area contributed by atoms with Crippen LogP contribution in [0.4, 0.5) is 0 Å². The van der Waals surface area contributed by atoms with Crippen molar-refractivity contribution >= 4 is 44.9 Å². The number of piperidine rings is 1. The van der Waals surface area contributed by atoms with Gasteiger partial charge in [-0.05, 0) is 55.0 Å². The lowest BCUT2D eigenvalue weighted by atomic mass is 10.1. The molecule has 1 aromatic carbocycles. The first-order chi connectivity index (χ1) is 14.8. The van der Waals surface area contributed by atoms with Crippen LogP contribution in [0.1, 0.15) is 25.3 Å². The van der Waals surface area contributed by atoms with E-state index in [0.29, 0.717) is 53.3 Å². The van der Waals surface area contributed by atoms with Crippen LogP contribution in [0.25, 0.3) is 6.08 Å². The lowest BCUT2D eigenvalue weighted by Crippen LogP contribution is -2.46. The molecule has 10 heteroatoms. The first-order valence-electron chi connectivity index (χ1n) is 9.87. The zero-order valence-electron chi connectivity index (χ0n) is 17.3. The fourth-order valence-corrected chi connectivity index (χ4v) is 5.89. The van der Waals surface area contributed by atoms with Gasteiger partial charge in [-0.15, -0.1) is 11.3 Å². The third kappa shape index (κ3) is 6.00. The number of nitrogens with zero attached hydrogens (tertiary/aromatic N) is 1. The van der Waals surface area contributed by atoms with E-state index in [-0.39, 0.29) is 11.9 Å². The van der Waals surface area contributed by atoms with Crippen LogP contribution in [-0.4, -0.2) is 52.1 Å². The number of rotatable bonds is 8. The van der Waals surface area contributed by atoms with Crippen molar-refractivity contribution in [3.8, 4) is 11.5 Å². The van der Waals surface area contributed by atoms with Gasteiger partial charge >= 0.3 is 0 Å². The van der Waals surface area contributed by atoms with Crippen molar-refractivity contribution in [2.24, 2.45) is 0 Å². The number of likely N-dealkylation sites (tertiary alicyclic amines) is 1. The Labute approximate surface area is 191 Å². The van der Waals surface area contributed by atoms with Crippen molar-refractivity contribution in [2.75, 3.05) is 26.8 Å². The highest BCUT2D eigenvalue weighted by atomic mass is 35.5. The molecule has 0 spiro atoms. The molecule has 3 rings (SSSR count). The Morgan fingerprint density at radius 3 is 2.71 bits per heavy atom. The zero-order chi connectivity index (χ0) is 22.4. The predicted octanol–water partition coefficient (Wildman–Crippen LogP) is 3.79. The Bertz CT molecular complexity index is 1030. The van der Waals surface area contributed by atoms with Gasteiger partial charge in [-0.3, -0.25) is 4.79 Å². The van der Waals surface area contributed by atoms with Gasteiger partial charge in [0.15, 0.2) is 11.5 Å². The highest BCUT2D eigenvalue weighted by Crippen LogP contribution is 2.36. The summed E-state index contributed by atoms with van der Waals surface area (Å²) < 4.78 is 38.6. The summed E-state index contributed by atoms with van der Waals surface area (Å²) in [6, 6.07) is 6.57. The first-order valence-corrected chi connectivity index (χ1v) is 12.6. The van der Waals surface area contributed by atoms with Crippen LogP contribution in [0.5, 0.6) is 11.5 Å². The van der Waals surface area contributed by atoms with Gasteiger partial charge in [0.05, 0.1) is 18.7 Å². The maximum absolute atomic E-state index is 12.6. The van der Waals surface area contributed by atoms with Gasteiger partial charge in [-0.25, -0.2) is 13.1 Å². The Morgan fingerprint density at radius 1 is 1.35 bits per heavy atom. The molecule has 1 N–H and O–H groups in total. The highest BCUT2D eigenvalue weighted by Gasteiger charge is 2.26. The minimum Gasteiger partial charge on any atom is -0.493 e. The summed E-state index contributed by atoms with van der Waals surface area (Å²) >= 11 is 7.46. The molecule has 1 aromatic heterocycles. The molecule has 168 valence electrons. The minimum atomic E-state index is -3.50. The topological polar surface area (TPSA) is 84.9 Å². The highest BCUT2D eigenvalue weighted by molar-refractivity contribution is 7.91. The number of nitrogens with one attached hydrogen (secondary N) is 1. The number of hydrogen-bond acceptors (Lipinski definition) is 6. The number of thiophene rings is 1. The Kier molecular flexibility index (Phi) is 7.99. The fourth-order valence-electron chi connectivity index (χ4n) is 3.30. The van der Waals surface area contributed by atoms with Crippen molar-refractivity contribution in [2.45, 2.75) is 30.0 Å². The molecular weight excluding hydrogens is 460 g/mol. The van der Waals surface area contributed by atoms with E-state index in [2.05, 4.69) is 4.72 Å². The maximum Gasteiger partial charge on any atom is 0.250 e. The Morgan fingerprint density at radius 2 is 2.10 bits per heavy atom. The first kappa shape index (κ1) is 23.6. The number of sulfonamides is 1. The third-order valence-electron chi connectivity index (χ3n) is 4.85. The maximum atomic E-state index is 12.6. The number of halogens is 1. The van der Waals surface area contributed by atoms with Crippen LogP contribution in [0, 0.1) is 0 Å². The molecule has 2 heterocycles. The number of amides is 1. The van der Waals surface area contributed by atoms with Crippen LogP contribution in [-0.2, 0) is 14.8 Å². The number of methoxy groups -OCH3 is 1. The van der Waals surface area contributed by atoms with E-state index in [4.69, 9.17) is 21.1 Å². The summed E-state index contributed by atoms with van der Waals surface area (Å²) in [7, 11) is -1.97. The van der Waals surface area contributed by atoms with Gasteiger partial charge in [-0.2, -0.15) is 0 Å². The van der Waals surface area contributed by atoms with E-state index >= 15 is 0 Å². The molecule has 0 atom stereocenters. The zero-order valence-corrected chi connectivity index (χ0v) is 19.7. The molecule has 0 radical (unpaired) electrons. The molecule has 31 heavy (non-hydrogen) atoms. The van der Waals surface area contributed by atoms with Gasteiger partial charge in [0.1, 0.15) is 4.21 Å². The number of hydrogen-bond donors (Lipinski definition) is 1. The number of carbonyl (C=O) groups excluding carboxylic acids is 1. The molecule has 1 saturated heterocycles. The molecule has 1 fully saturated rings. The molecule has 1 aliphatic rings. The van der Waals surface area contributed by atoms with Crippen LogP contribution in [0.3, 0.4) is 0 Å². The molecule has 2 aromatic rings. The van der Waals surface area contributed by atoms with E-state index in [9.17, 15) is 13.2 Å². The summed E-state index contributed by atoms with van der Waals surface area (Å²) in [5.74, 6) is 0.839. The lowest BCUT2D eigenvalue weighted by molar-refractivity contribution is -0.126. The summed E-state index contributed by atoms with van der Waals surface area (Å²) in [5.41, 5.74) is 0.720. The summed E-state index contributed by atoms with van der Waals surface area (Å²) in [4.78, 5) is 14.3. The fraction of sp³-hybridized carbons (Fsp3) is 0.381. The van der Waals surface area contributed by atoms with E-state index in [1.807, 2.05) is 6.92 Å². The predicted molar refractivity (Wildman–Crippen MR) is 122 cm³/mol. The SMILES string of the molecule is CCOc1c(Cl)cc(/C=C/C(=O)N2CCC(NS(=O)(=O)c3cccs3)CC2)cc1OC. The van der Waals surface area contributed by atoms with Gasteiger partial charge in [0, 0.05) is 25.2 Å². The largest absolute Gasteiger partial charge is 0.493 e. The van der Waals surface area contributed by atoms with Gasteiger partial charge in [-0.1, -0.05) is 17.7 Å². The van der Waals surface area contributed by atoms with E-state index in [0.717, 1.165) is 5.56 Å². The molecule has 1 amide bonds. The van der Waals surface area contributed by atoms with Crippen LogP contribution < -0.4 is 14.2 Å². The summed E-state index contributed by atoms with van der Waals surface area (Å²) in [6.45, 7) is 3.28. The van der Waals surface area contributed by atoms with Crippen LogP contribution >= 0.6 is 22.9 Å². The quantitative estimate of drug-likeness (QED) is 0.576. The minimum absolute atomic E-state index is 0.136. The molecule has 0 bridgehead atoms. The second kappa shape index (κ2) is 10.5. The molecule has 1 aliphatic heterocycles.